The van der Waals surface area contributed by atoms with Crippen molar-refractivity contribution in [2.75, 3.05) is 6.61 Å². The maximum absolute atomic E-state index is 12.1. The second-order valence-electron chi connectivity index (χ2n) is 12.3. The van der Waals surface area contributed by atoms with Crippen LogP contribution in [0.15, 0.2) is 0 Å². The van der Waals surface area contributed by atoms with Crippen molar-refractivity contribution in [3.63, 3.8) is 0 Å². The summed E-state index contributed by atoms with van der Waals surface area (Å²) in [6.45, 7) is 10.0. The summed E-state index contributed by atoms with van der Waals surface area (Å²) in [5.74, 6) is 0.974. The van der Waals surface area contributed by atoms with Crippen LogP contribution in [0.2, 0.25) is 0 Å². The first kappa shape index (κ1) is 25.0. The van der Waals surface area contributed by atoms with E-state index in [4.69, 9.17) is 9.47 Å². The predicted octanol–water partition coefficient (Wildman–Crippen LogP) is 4.40. The average Bonchev–Trinajstić information content (AvgIpc) is 2.99. The van der Waals surface area contributed by atoms with E-state index in [9.17, 15) is 19.8 Å². The third-order valence-corrected chi connectivity index (χ3v) is 10.9. The van der Waals surface area contributed by atoms with Gasteiger partial charge in [-0.15, -0.1) is 0 Å². The Morgan fingerprint density at radius 3 is 2.24 bits per heavy atom. The van der Waals surface area contributed by atoms with E-state index >= 15 is 0 Å². The Bertz CT molecular complexity index is 783. The minimum absolute atomic E-state index is 0.127. The fourth-order valence-corrected chi connectivity index (χ4v) is 9.08. The highest BCUT2D eigenvalue weighted by molar-refractivity contribution is 5.66. The minimum atomic E-state index is -0.820. The Morgan fingerprint density at radius 1 is 0.939 bits per heavy atom. The largest absolute Gasteiger partial charge is 0.466 e. The lowest BCUT2D eigenvalue weighted by molar-refractivity contribution is -0.251. The van der Waals surface area contributed by atoms with Crippen molar-refractivity contribution in [1.82, 2.24) is 0 Å². The van der Waals surface area contributed by atoms with E-state index in [0.29, 0.717) is 43.6 Å². The summed E-state index contributed by atoms with van der Waals surface area (Å²) in [6.07, 6.45) is 8.19. The van der Waals surface area contributed by atoms with Gasteiger partial charge in [-0.25, -0.2) is 0 Å². The Hall–Kier alpha value is -1.14. The van der Waals surface area contributed by atoms with Crippen LogP contribution in [0.25, 0.3) is 0 Å². The SMILES string of the molecule is CC(=O)OCCC[C@]1(O)CC[C@H]2[C@@H]3C[C@@H](C)[C@@]4(O)C[C@@H](OC(C)=O)CC[C@]4(C)[C@H]3CC[C@@]21C. The van der Waals surface area contributed by atoms with Gasteiger partial charge in [-0.05, 0) is 92.3 Å². The molecule has 6 heteroatoms. The van der Waals surface area contributed by atoms with Crippen molar-refractivity contribution in [1.29, 1.82) is 0 Å². The lowest BCUT2D eigenvalue weighted by atomic mass is 9.41. The maximum Gasteiger partial charge on any atom is 0.302 e. The second kappa shape index (κ2) is 8.51. The lowest BCUT2D eigenvalue weighted by Crippen LogP contribution is -2.66. The topological polar surface area (TPSA) is 93.1 Å². The van der Waals surface area contributed by atoms with Crippen molar-refractivity contribution in [3.05, 3.63) is 0 Å². The summed E-state index contributed by atoms with van der Waals surface area (Å²) >= 11 is 0. The summed E-state index contributed by atoms with van der Waals surface area (Å²) in [4.78, 5) is 22.7. The first-order chi connectivity index (χ1) is 15.4. The van der Waals surface area contributed by atoms with Crippen LogP contribution in [0.4, 0.5) is 0 Å². The van der Waals surface area contributed by atoms with Crippen molar-refractivity contribution in [2.45, 2.75) is 116 Å². The molecule has 0 spiro atoms. The monoisotopic (exact) mass is 464 g/mol. The third kappa shape index (κ3) is 3.84. The molecule has 0 aromatic carbocycles. The van der Waals surface area contributed by atoms with Crippen LogP contribution < -0.4 is 0 Å². The molecule has 0 aromatic heterocycles. The first-order valence-electron chi connectivity index (χ1n) is 13.1. The molecule has 4 aliphatic rings. The van der Waals surface area contributed by atoms with E-state index in [2.05, 4.69) is 20.8 Å². The zero-order valence-electron chi connectivity index (χ0n) is 21.2. The first-order valence-corrected chi connectivity index (χ1v) is 13.1. The van der Waals surface area contributed by atoms with E-state index in [0.717, 1.165) is 44.9 Å². The van der Waals surface area contributed by atoms with Gasteiger partial charge in [0.15, 0.2) is 0 Å². The number of carbonyl (C=O) groups is 2. The molecule has 0 bridgehead atoms. The molecular formula is C27H44O6. The molecule has 0 aromatic rings. The van der Waals surface area contributed by atoms with E-state index in [1.54, 1.807) is 0 Å². The molecule has 2 N–H and O–H groups in total. The van der Waals surface area contributed by atoms with Gasteiger partial charge in [-0.3, -0.25) is 9.59 Å². The van der Waals surface area contributed by atoms with Crippen LogP contribution >= 0.6 is 0 Å². The predicted molar refractivity (Wildman–Crippen MR) is 124 cm³/mol. The minimum Gasteiger partial charge on any atom is -0.466 e. The molecule has 0 radical (unpaired) electrons. The molecule has 0 saturated heterocycles. The molecule has 6 nitrogen and oxygen atoms in total. The van der Waals surface area contributed by atoms with E-state index in [1.807, 2.05) is 0 Å². The van der Waals surface area contributed by atoms with Gasteiger partial charge in [-0.2, -0.15) is 0 Å². The lowest BCUT2D eigenvalue weighted by Gasteiger charge is -2.66. The van der Waals surface area contributed by atoms with Crippen molar-refractivity contribution in [2.24, 2.45) is 34.5 Å². The Labute approximate surface area is 198 Å². The molecule has 0 aliphatic heterocycles. The zero-order chi connectivity index (χ0) is 24.2. The molecule has 4 rings (SSSR count). The third-order valence-electron chi connectivity index (χ3n) is 10.9. The van der Waals surface area contributed by atoms with Crippen molar-refractivity contribution >= 4 is 11.9 Å². The number of fused-ring (bicyclic) bond motifs is 5. The number of hydrogen-bond acceptors (Lipinski definition) is 6. The van der Waals surface area contributed by atoms with Crippen molar-refractivity contribution < 1.29 is 29.3 Å². The van der Waals surface area contributed by atoms with Crippen LogP contribution in [0, 0.1) is 34.5 Å². The number of hydrogen-bond donors (Lipinski definition) is 2. The van der Waals surface area contributed by atoms with Crippen LogP contribution in [0.5, 0.6) is 0 Å². The highest BCUT2D eigenvalue weighted by Crippen LogP contribution is 2.70. The summed E-state index contributed by atoms with van der Waals surface area (Å²) in [6, 6.07) is 0. The normalized spacial score (nSPS) is 48.9. The number of carbonyl (C=O) groups excluding carboxylic acids is 2. The summed E-state index contributed by atoms with van der Waals surface area (Å²) in [7, 11) is 0. The molecule has 0 heterocycles. The van der Waals surface area contributed by atoms with Crippen LogP contribution in [-0.4, -0.2) is 46.1 Å². The molecule has 0 unspecified atom stereocenters. The van der Waals surface area contributed by atoms with Gasteiger partial charge in [0.05, 0.1) is 17.8 Å². The van der Waals surface area contributed by atoms with Crippen LogP contribution in [0.1, 0.15) is 98.8 Å². The molecule has 9 atom stereocenters. The van der Waals surface area contributed by atoms with E-state index < -0.39 is 11.2 Å². The summed E-state index contributed by atoms with van der Waals surface area (Å²) in [5.41, 5.74) is -1.86. The van der Waals surface area contributed by atoms with Crippen molar-refractivity contribution in [3.8, 4) is 0 Å². The van der Waals surface area contributed by atoms with Gasteiger partial charge in [0, 0.05) is 20.3 Å². The number of ether oxygens (including phenoxy) is 2. The highest BCUT2D eigenvalue weighted by atomic mass is 16.5. The van der Waals surface area contributed by atoms with E-state index in [1.165, 1.54) is 13.8 Å². The quantitative estimate of drug-likeness (QED) is 0.463. The Morgan fingerprint density at radius 2 is 1.58 bits per heavy atom. The van der Waals surface area contributed by atoms with Gasteiger partial charge < -0.3 is 19.7 Å². The van der Waals surface area contributed by atoms with Gasteiger partial charge in [0.25, 0.3) is 0 Å². The molecule has 33 heavy (non-hydrogen) atoms. The van der Waals surface area contributed by atoms with Gasteiger partial charge >= 0.3 is 11.9 Å². The number of esters is 2. The average molecular weight is 465 g/mol. The maximum atomic E-state index is 12.1. The fraction of sp³-hybridized carbons (Fsp3) is 0.926. The van der Waals surface area contributed by atoms with Crippen LogP contribution in [0.3, 0.4) is 0 Å². The molecule has 4 aliphatic carbocycles. The smallest absolute Gasteiger partial charge is 0.302 e. The number of aliphatic hydroxyl groups is 2. The Balaban J connectivity index is 1.53. The number of rotatable bonds is 5. The molecule has 4 saturated carbocycles. The molecule has 4 fully saturated rings. The second-order valence-corrected chi connectivity index (χ2v) is 12.3. The fourth-order valence-electron chi connectivity index (χ4n) is 9.08. The summed E-state index contributed by atoms with van der Waals surface area (Å²) in [5, 5.41) is 23.8. The van der Waals surface area contributed by atoms with Gasteiger partial charge in [0.2, 0.25) is 0 Å². The highest BCUT2D eigenvalue weighted by Gasteiger charge is 2.68. The standard InChI is InChI=1S/C27H44O6/c1-17-15-21-22-9-13-26(30,10-6-14-32-18(2)28)24(22,4)12-8-23(21)25(5)11-7-20(33-19(3)29)16-27(17,25)31/h17,20-23,30-31H,6-16H2,1-5H3/t17-,20+,21+,22+,23+,24+,25-,26+,27+/m1/s1. The van der Waals surface area contributed by atoms with Crippen LogP contribution in [-0.2, 0) is 19.1 Å². The van der Waals surface area contributed by atoms with Gasteiger partial charge in [-0.1, -0.05) is 20.8 Å². The molecule has 188 valence electrons. The molecule has 0 amide bonds. The van der Waals surface area contributed by atoms with E-state index in [-0.39, 0.29) is 34.8 Å². The molecular weight excluding hydrogens is 420 g/mol. The Kier molecular flexibility index (Phi) is 6.44. The summed E-state index contributed by atoms with van der Waals surface area (Å²) < 4.78 is 10.7. The van der Waals surface area contributed by atoms with Gasteiger partial charge in [0.1, 0.15) is 6.10 Å². The zero-order valence-corrected chi connectivity index (χ0v) is 21.2.